The fourth-order valence-electron chi connectivity index (χ4n) is 1.64. The molecule has 1 rings (SSSR count). The van der Waals surface area contributed by atoms with Crippen LogP contribution < -0.4 is 0 Å². The second-order valence-corrected chi connectivity index (χ2v) is 5.42. The molecule has 0 saturated carbocycles. The van der Waals surface area contributed by atoms with Crippen molar-refractivity contribution in [2.24, 2.45) is 0 Å². The van der Waals surface area contributed by atoms with E-state index in [1.807, 2.05) is 18.2 Å². The lowest BCUT2D eigenvalue weighted by molar-refractivity contribution is 0.217. The van der Waals surface area contributed by atoms with Crippen molar-refractivity contribution in [3.63, 3.8) is 0 Å². The van der Waals surface area contributed by atoms with Crippen LogP contribution >= 0.6 is 15.9 Å². The molecule has 0 heterocycles. The van der Waals surface area contributed by atoms with Crippen molar-refractivity contribution < 1.29 is 10.2 Å². The van der Waals surface area contributed by atoms with Gasteiger partial charge in [0.15, 0.2) is 0 Å². The molecule has 2 atom stereocenters. The summed E-state index contributed by atoms with van der Waals surface area (Å²) < 4.78 is 0.897. The van der Waals surface area contributed by atoms with Crippen LogP contribution in [-0.4, -0.2) is 16.3 Å². The van der Waals surface area contributed by atoms with Gasteiger partial charge in [0.25, 0.3) is 0 Å². The minimum absolute atomic E-state index is 0.626. The van der Waals surface area contributed by atoms with Crippen molar-refractivity contribution in [2.45, 2.75) is 44.8 Å². The maximum Gasteiger partial charge on any atom is 0.141 e. The van der Waals surface area contributed by atoms with Gasteiger partial charge in [-0.1, -0.05) is 59.7 Å². The minimum atomic E-state index is -0.862. The van der Waals surface area contributed by atoms with Gasteiger partial charge in [-0.3, -0.25) is 0 Å². The summed E-state index contributed by atoms with van der Waals surface area (Å²) in [4.78, 5) is 0. The summed E-state index contributed by atoms with van der Waals surface area (Å²) in [6, 6.07) is 7.34. The Labute approximate surface area is 129 Å². The molecule has 0 aliphatic heterocycles. The summed E-state index contributed by atoms with van der Waals surface area (Å²) >= 11 is 3.34. The standard InChI is InChI=1S/C17H19BrO2/c1-2-3-4-10-16(19)11-5-6-12-17(20)14-8-7-9-15(18)13-14/h7-9,13,16-17,19-20H,2-4,10H2,1H3. The second kappa shape index (κ2) is 9.61. The van der Waals surface area contributed by atoms with Crippen LogP contribution in [0.4, 0.5) is 0 Å². The summed E-state index contributed by atoms with van der Waals surface area (Å²) in [5, 5.41) is 19.4. The van der Waals surface area contributed by atoms with Crippen molar-refractivity contribution in [1.29, 1.82) is 0 Å². The van der Waals surface area contributed by atoms with Gasteiger partial charge in [-0.05, 0) is 42.4 Å². The molecule has 0 saturated heterocycles. The molecule has 0 radical (unpaired) electrons. The van der Waals surface area contributed by atoms with E-state index in [0.717, 1.165) is 29.3 Å². The third-order valence-electron chi connectivity index (χ3n) is 2.76. The Balaban J connectivity index is 2.50. The average Bonchev–Trinajstić information content (AvgIpc) is 2.43. The number of aliphatic hydroxyl groups is 2. The van der Waals surface area contributed by atoms with Crippen molar-refractivity contribution in [3.8, 4) is 23.7 Å². The smallest absolute Gasteiger partial charge is 0.141 e. The topological polar surface area (TPSA) is 40.5 Å². The Morgan fingerprint density at radius 1 is 1.15 bits per heavy atom. The molecule has 2 nitrogen and oxygen atoms in total. The molecule has 0 amide bonds. The van der Waals surface area contributed by atoms with E-state index in [0.29, 0.717) is 6.42 Å². The van der Waals surface area contributed by atoms with Gasteiger partial charge in [-0.15, -0.1) is 0 Å². The van der Waals surface area contributed by atoms with Gasteiger partial charge in [-0.25, -0.2) is 0 Å². The number of hydrogen-bond acceptors (Lipinski definition) is 2. The normalized spacial score (nSPS) is 12.6. The molecule has 1 aromatic rings. The van der Waals surface area contributed by atoms with Gasteiger partial charge in [0.2, 0.25) is 0 Å². The zero-order valence-corrected chi connectivity index (χ0v) is 13.2. The first kappa shape index (κ1) is 16.8. The van der Waals surface area contributed by atoms with E-state index in [1.54, 1.807) is 6.07 Å². The third kappa shape index (κ3) is 6.78. The van der Waals surface area contributed by atoms with Gasteiger partial charge in [0.1, 0.15) is 12.2 Å². The number of hydrogen-bond donors (Lipinski definition) is 2. The molecule has 0 aromatic heterocycles. The van der Waals surface area contributed by atoms with Crippen LogP contribution in [-0.2, 0) is 0 Å². The number of aliphatic hydroxyl groups excluding tert-OH is 2. The maximum absolute atomic E-state index is 9.86. The lowest BCUT2D eigenvalue weighted by Gasteiger charge is -2.02. The van der Waals surface area contributed by atoms with Crippen LogP contribution in [0.3, 0.4) is 0 Å². The van der Waals surface area contributed by atoms with Crippen molar-refractivity contribution in [3.05, 3.63) is 34.3 Å². The monoisotopic (exact) mass is 334 g/mol. The molecule has 1 aromatic carbocycles. The highest BCUT2D eigenvalue weighted by Gasteiger charge is 2.02. The molecule has 0 spiro atoms. The summed E-state index contributed by atoms with van der Waals surface area (Å²) in [6.45, 7) is 2.12. The largest absolute Gasteiger partial charge is 0.380 e. The lowest BCUT2D eigenvalue weighted by Crippen LogP contribution is -2.01. The van der Waals surface area contributed by atoms with Gasteiger partial charge >= 0.3 is 0 Å². The molecule has 106 valence electrons. The highest BCUT2D eigenvalue weighted by atomic mass is 79.9. The molecular weight excluding hydrogens is 316 g/mol. The summed E-state index contributed by atoms with van der Waals surface area (Å²) in [6.07, 6.45) is 2.39. The minimum Gasteiger partial charge on any atom is -0.380 e. The van der Waals surface area contributed by atoms with E-state index in [2.05, 4.69) is 46.5 Å². The van der Waals surface area contributed by atoms with E-state index in [-0.39, 0.29) is 0 Å². The number of halogens is 1. The molecule has 2 N–H and O–H groups in total. The summed E-state index contributed by atoms with van der Waals surface area (Å²) in [5.41, 5.74) is 0.720. The van der Waals surface area contributed by atoms with E-state index in [4.69, 9.17) is 0 Å². The first-order valence-electron chi connectivity index (χ1n) is 6.76. The molecule has 0 aliphatic rings. The first-order chi connectivity index (χ1) is 9.63. The van der Waals surface area contributed by atoms with Crippen LogP contribution in [0.25, 0.3) is 0 Å². The molecule has 0 aliphatic carbocycles. The Morgan fingerprint density at radius 3 is 2.60 bits per heavy atom. The van der Waals surface area contributed by atoms with Crippen LogP contribution in [0.1, 0.15) is 44.3 Å². The zero-order chi connectivity index (χ0) is 14.8. The number of unbranched alkanes of at least 4 members (excludes halogenated alkanes) is 2. The molecule has 0 bridgehead atoms. The fourth-order valence-corrected chi connectivity index (χ4v) is 2.06. The van der Waals surface area contributed by atoms with Crippen LogP contribution in [0.5, 0.6) is 0 Å². The molecular formula is C17H19BrO2. The van der Waals surface area contributed by atoms with E-state index >= 15 is 0 Å². The Hall–Kier alpha value is -1.26. The lowest BCUT2D eigenvalue weighted by atomic mass is 10.1. The molecule has 3 heteroatoms. The third-order valence-corrected chi connectivity index (χ3v) is 3.25. The summed E-state index contributed by atoms with van der Waals surface area (Å²) in [5.74, 6) is 10.5. The van der Waals surface area contributed by atoms with E-state index in [9.17, 15) is 10.2 Å². The van der Waals surface area contributed by atoms with Gasteiger partial charge in [0.05, 0.1) is 0 Å². The van der Waals surface area contributed by atoms with Gasteiger partial charge in [-0.2, -0.15) is 0 Å². The Bertz CT molecular complexity index is 531. The van der Waals surface area contributed by atoms with Crippen molar-refractivity contribution in [2.75, 3.05) is 0 Å². The predicted octanol–water partition coefficient (Wildman–Crippen LogP) is 3.43. The summed E-state index contributed by atoms with van der Waals surface area (Å²) in [7, 11) is 0. The Morgan fingerprint density at radius 2 is 1.90 bits per heavy atom. The first-order valence-corrected chi connectivity index (χ1v) is 7.55. The van der Waals surface area contributed by atoms with E-state index in [1.165, 1.54) is 0 Å². The van der Waals surface area contributed by atoms with E-state index < -0.39 is 12.2 Å². The Kier molecular flexibility index (Phi) is 8.07. The SMILES string of the molecule is CCCCCC(O)C#CC#CC(O)c1cccc(Br)c1. The van der Waals surface area contributed by atoms with Gasteiger partial charge < -0.3 is 10.2 Å². The van der Waals surface area contributed by atoms with Crippen LogP contribution in [0.2, 0.25) is 0 Å². The zero-order valence-electron chi connectivity index (χ0n) is 11.6. The molecule has 2 unspecified atom stereocenters. The highest BCUT2D eigenvalue weighted by Crippen LogP contribution is 2.17. The number of benzene rings is 1. The van der Waals surface area contributed by atoms with Crippen LogP contribution in [0, 0.1) is 23.7 Å². The quantitative estimate of drug-likeness (QED) is 0.639. The van der Waals surface area contributed by atoms with Crippen molar-refractivity contribution >= 4 is 15.9 Å². The maximum atomic E-state index is 9.86. The van der Waals surface area contributed by atoms with Crippen LogP contribution in [0.15, 0.2) is 28.7 Å². The number of rotatable bonds is 5. The predicted molar refractivity (Wildman–Crippen MR) is 84.8 cm³/mol. The fraction of sp³-hybridized carbons (Fsp3) is 0.412. The molecule has 0 fully saturated rings. The second-order valence-electron chi connectivity index (χ2n) is 4.51. The average molecular weight is 335 g/mol. The van der Waals surface area contributed by atoms with Gasteiger partial charge in [0, 0.05) is 4.47 Å². The molecule has 20 heavy (non-hydrogen) atoms. The highest BCUT2D eigenvalue weighted by molar-refractivity contribution is 9.10. The van der Waals surface area contributed by atoms with Crippen molar-refractivity contribution in [1.82, 2.24) is 0 Å².